The van der Waals surface area contributed by atoms with Crippen LogP contribution in [-0.2, 0) is 26.2 Å². The maximum absolute atomic E-state index is 13.5. The van der Waals surface area contributed by atoms with Crippen LogP contribution in [0, 0.1) is 20.8 Å². The SMILES string of the molecule is CC[C@H](C(=O)NC)N(Cc1ccccc1C)C(=O)CN(c1ccc(C)c(C)c1)S(C)(=O)=O. The number of nitrogens with one attached hydrogen (secondary N) is 1. The zero-order valence-electron chi connectivity index (χ0n) is 19.7. The van der Waals surface area contributed by atoms with Crippen LogP contribution in [0.2, 0.25) is 0 Å². The molecule has 0 fully saturated rings. The van der Waals surface area contributed by atoms with Gasteiger partial charge in [0.1, 0.15) is 12.6 Å². The highest BCUT2D eigenvalue weighted by atomic mass is 32.2. The minimum Gasteiger partial charge on any atom is -0.357 e. The standard InChI is InChI=1S/C24H33N3O4S/c1-7-22(24(29)25-5)26(15-20-11-9-8-10-18(20)3)23(28)16-27(32(6,30)31)21-13-12-17(2)19(4)14-21/h8-14,22H,7,15-16H2,1-6H3,(H,25,29)/t22-/m1/s1. The molecule has 32 heavy (non-hydrogen) atoms. The lowest BCUT2D eigenvalue weighted by atomic mass is 10.1. The number of carbonyl (C=O) groups excluding carboxylic acids is 2. The van der Waals surface area contributed by atoms with Crippen molar-refractivity contribution in [2.45, 2.75) is 46.7 Å². The van der Waals surface area contributed by atoms with Crippen molar-refractivity contribution in [3.05, 3.63) is 64.7 Å². The van der Waals surface area contributed by atoms with Crippen LogP contribution in [-0.4, -0.2) is 51.0 Å². The molecule has 0 spiro atoms. The molecule has 2 aromatic rings. The Morgan fingerprint density at radius 2 is 1.66 bits per heavy atom. The summed E-state index contributed by atoms with van der Waals surface area (Å²) in [7, 11) is -2.20. The predicted octanol–water partition coefficient (Wildman–Crippen LogP) is 2.93. The Morgan fingerprint density at radius 3 is 2.19 bits per heavy atom. The Bertz CT molecular complexity index is 1080. The number of anilines is 1. The highest BCUT2D eigenvalue weighted by Gasteiger charge is 2.31. The van der Waals surface area contributed by atoms with Crippen molar-refractivity contribution in [3.63, 3.8) is 0 Å². The van der Waals surface area contributed by atoms with Crippen LogP contribution in [0.1, 0.15) is 35.6 Å². The zero-order valence-corrected chi connectivity index (χ0v) is 20.5. The number of benzene rings is 2. The third-order valence-electron chi connectivity index (χ3n) is 5.69. The van der Waals surface area contributed by atoms with Crippen LogP contribution >= 0.6 is 0 Å². The summed E-state index contributed by atoms with van der Waals surface area (Å²) in [6.45, 7) is 7.42. The van der Waals surface area contributed by atoms with Crippen LogP contribution in [0.25, 0.3) is 0 Å². The first-order valence-corrected chi connectivity index (χ1v) is 12.4. The predicted molar refractivity (Wildman–Crippen MR) is 128 cm³/mol. The fraction of sp³-hybridized carbons (Fsp3) is 0.417. The van der Waals surface area contributed by atoms with Gasteiger partial charge in [-0.3, -0.25) is 13.9 Å². The fourth-order valence-electron chi connectivity index (χ4n) is 3.55. The van der Waals surface area contributed by atoms with Gasteiger partial charge in [-0.25, -0.2) is 8.42 Å². The molecular formula is C24H33N3O4S. The molecule has 0 saturated carbocycles. The molecular weight excluding hydrogens is 426 g/mol. The van der Waals surface area contributed by atoms with E-state index in [9.17, 15) is 18.0 Å². The molecule has 8 heteroatoms. The first-order chi connectivity index (χ1) is 15.0. The molecule has 2 aromatic carbocycles. The molecule has 0 unspecified atom stereocenters. The maximum atomic E-state index is 13.5. The van der Waals surface area contributed by atoms with Gasteiger partial charge in [-0.2, -0.15) is 0 Å². The van der Waals surface area contributed by atoms with Crippen LogP contribution in [0.3, 0.4) is 0 Å². The minimum absolute atomic E-state index is 0.210. The van der Waals surface area contributed by atoms with Gasteiger partial charge in [0.05, 0.1) is 11.9 Å². The van der Waals surface area contributed by atoms with Gasteiger partial charge in [-0.05, 0) is 61.6 Å². The summed E-state index contributed by atoms with van der Waals surface area (Å²) in [5.74, 6) is -0.723. The van der Waals surface area contributed by atoms with Crippen molar-refractivity contribution in [2.24, 2.45) is 0 Å². The van der Waals surface area contributed by atoms with Gasteiger partial charge in [0.2, 0.25) is 21.8 Å². The highest BCUT2D eigenvalue weighted by Crippen LogP contribution is 2.23. The number of aryl methyl sites for hydroxylation is 3. The topological polar surface area (TPSA) is 86.8 Å². The van der Waals surface area contributed by atoms with E-state index in [0.717, 1.165) is 32.8 Å². The van der Waals surface area contributed by atoms with Crippen molar-refractivity contribution in [3.8, 4) is 0 Å². The van der Waals surface area contributed by atoms with E-state index in [2.05, 4.69) is 5.32 Å². The Labute approximate surface area is 191 Å². The van der Waals surface area contributed by atoms with Crippen LogP contribution in [0.4, 0.5) is 5.69 Å². The fourth-order valence-corrected chi connectivity index (χ4v) is 4.39. The largest absolute Gasteiger partial charge is 0.357 e. The van der Waals surface area contributed by atoms with Crippen molar-refractivity contribution in [2.75, 3.05) is 24.2 Å². The van der Waals surface area contributed by atoms with E-state index in [1.165, 1.54) is 11.9 Å². The molecule has 0 heterocycles. The molecule has 2 amide bonds. The van der Waals surface area contributed by atoms with Gasteiger partial charge in [-0.1, -0.05) is 37.3 Å². The van der Waals surface area contributed by atoms with E-state index in [1.807, 2.05) is 58.0 Å². The average molecular weight is 460 g/mol. The number of carbonyl (C=O) groups is 2. The molecule has 0 saturated heterocycles. The molecule has 174 valence electrons. The van der Waals surface area contributed by atoms with Crippen LogP contribution < -0.4 is 9.62 Å². The van der Waals surface area contributed by atoms with Crippen LogP contribution in [0.5, 0.6) is 0 Å². The average Bonchev–Trinajstić information content (AvgIpc) is 2.74. The molecule has 0 aromatic heterocycles. The van der Waals surface area contributed by atoms with Gasteiger partial charge >= 0.3 is 0 Å². The molecule has 0 aliphatic rings. The first kappa shape index (κ1) is 25.4. The van der Waals surface area contributed by atoms with Gasteiger partial charge in [0, 0.05) is 13.6 Å². The lowest BCUT2D eigenvalue weighted by molar-refractivity contribution is -0.140. The van der Waals surface area contributed by atoms with Crippen molar-refractivity contribution in [1.82, 2.24) is 10.2 Å². The van der Waals surface area contributed by atoms with Gasteiger partial charge in [-0.15, -0.1) is 0 Å². The monoisotopic (exact) mass is 459 g/mol. The second-order valence-electron chi connectivity index (χ2n) is 8.02. The molecule has 1 N–H and O–H groups in total. The number of rotatable bonds is 9. The van der Waals surface area contributed by atoms with E-state index in [0.29, 0.717) is 12.1 Å². The molecule has 0 aliphatic heterocycles. The van der Waals surface area contributed by atoms with Gasteiger partial charge < -0.3 is 10.2 Å². The quantitative estimate of drug-likeness (QED) is 0.625. The van der Waals surface area contributed by atoms with Crippen molar-refractivity contribution >= 4 is 27.5 Å². The summed E-state index contributed by atoms with van der Waals surface area (Å²) >= 11 is 0. The number of likely N-dealkylation sites (N-methyl/N-ethyl adjacent to an activating group) is 1. The Morgan fingerprint density at radius 1 is 1.00 bits per heavy atom. The van der Waals surface area contributed by atoms with Crippen molar-refractivity contribution in [1.29, 1.82) is 0 Å². The van der Waals surface area contributed by atoms with Gasteiger partial charge in [0.15, 0.2) is 0 Å². The Kier molecular flexibility index (Phi) is 8.44. The van der Waals surface area contributed by atoms with Gasteiger partial charge in [0.25, 0.3) is 0 Å². The first-order valence-electron chi connectivity index (χ1n) is 10.6. The second kappa shape index (κ2) is 10.6. The summed E-state index contributed by atoms with van der Waals surface area (Å²) in [5.41, 5.74) is 4.27. The molecule has 0 aliphatic carbocycles. The summed E-state index contributed by atoms with van der Waals surface area (Å²) in [6, 6.07) is 12.2. The van der Waals surface area contributed by atoms with E-state index < -0.39 is 22.0 Å². The molecule has 7 nitrogen and oxygen atoms in total. The lowest BCUT2D eigenvalue weighted by Crippen LogP contribution is -2.51. The smallest absolute Gasteiger partial charge is 0.244 e. The molecule has 2 rings (SSSR count). The third-order valence-corrected chi connectivity index (χ3v) is 6.83. The zero-order chi connectivity index (χ0) is 24.1. The number of hydrogen-bond acceptors (Lipinski definition) is 4. The minimum atomic E-state index is -3.73. The van der Waals surface area contributed by atoms with E-state index >= 15 is 0 Å². The van der Waals surface area contributed by atoms with E-state index in [-0.39, 0.29) is 19.0 Å². The Balaban J connectivity index is 2.46. The molecule has 1 atom stereocenters. The van der Waals surface area contributed by atoms with E-state index in [1.54, 1.807) is 12.1 Å². The summed E-state index contributed by atoms with van der Waals surface area (Å²) in [5, 5.41) is 2.62. The summed E-state index contributed by atoms with van der Waals surface area (Å²) < 4.78 is 26.3. The Hall–Kier alpha value is -2.87. The highest BCUT2D eigenvalue weighted by molar-refractivity contribution is 7.92. The number of amides is 2. The number of sulfonamides is 1. The lowest BCUT2D eigenvalue weighted by Gasteiger charge is -2.33. The summed E-state index contributed by atoms with van der Waals surface area (Å²) in [4.78, 5) is 27.5. The maximum Gasteiger partial charge on any atom is 0.244 e. The van der Waals surface area contributed by atoms with Crippen molar-refractivity contribution < 1.29 is 18.0 Å². The third kappa shape index (κ3) is 6.09. The normalized spacial score (nSPS) is 12.2. The number of hydrogen-bond donors (Lipinski definition) is 1. The second-order valence-corrected chi connectivity index (χ2v) is 9.93. The number of nitrogens with zero attached hydrogens (tertiary/aromatic N) is 2. The summed E-state index contributed by atoms with van der Waals surface area (Å²) in [6.07, 6.45) is 1.48. The van der Waals surface area contributed by atoms with E-state index in [4.69, 9.17) is 0 Å². The molecule has 0 bridgehead atoms. The van der Waals surface area contributed by atoms with Crippen LogP contribution in [0.15, 0.2) is 42.5 Å². The molecule has 0 radical (unpaired) electrons.